The first kappa shape index (κ1) is 52.2. The second-order valence-electron chi connectivity index (χ2n) is 14.5. The van der Waals surface area contributed by atoms with Crippen molar-refractivity contribution in [3.8, 4) is 0 Å². The lowest BCUT2D eigenvalue weighted by atomic mass is 10.1. The summed E-state index contributed by atoms with van der Waals surface area (Å²) in [4.78, 5) is 78.0. The Kier molecular flexibility index (Phi) is 16.5. The van der Waals surface area contributed by atoms with Crippen LogP contribution in [0.4, 0.5) is 60.5 Å². The van der Waals surface area contributed by atoms with E-state index in [1.54, 1.807) is 13.8 Å². The quantitative estimate of drug-likeness (QED) is 0.0484. The Morgan fingerprint density at radius 1 is 0.515 bits per heavy atom. The summed E-state index contributed by atoms with van der Waals surface area (Å²) in [6.07, 6.45) is -9.70. The van der Waals surface area contributed by atoms with Gasteiger partial charge >= 0.3 is 12.4 Å². The molecule has 0 spiro atoms. The van der Waals surface area contributed by atoms with Crippen LogP contribution in [0.1, 0.15) is 56.8 Å². The number of nitrogens with zero attached hydrogens (tertiary/aromatic N) is 4. The van der Waals surface area contributed by atoms with Crippen molar-refractivity contribution in [2.45, 2.75) is 52.1 Å². The molecule has 0 bridgehead atoms. The number of rotatable bonds is 14. The summed E-state index contributed by atoms with van der Waals surface area (Å²) in [6, 6.07) is 12.1. The first-order chi connectivity index (χ1) is 31.7. The molecule has 5 aromatic carbocycles. The van der Waals surface area contributed by atoms with Crippen LogP contribution in [0, 0.1) is 13.8 Å². The topological polar surface area (TPSA) is 200 Å². The molecule has 4 N–H and O–H groups in total. The third-order valence-corrected chi connectivity index (χ3v) is 10.4. The van der Waals surface area contributed by atoms with Gasteiger partial charge in [0.1, 0.15) is 0 Å². The summed E-state index contributed by atoms with van der Waals surface area (Å²) in [5, 5.41) is 23.9. The smallest absolute Gasteiger partial charge is 0.324 e. The fraction of sp³-hybridized carbons (Fsp3) is 0.182. The first-order valence-electron chi connectivity index (χ1n) is 19.2. The second-order valence-corrected chi connectivity index (χ2v) is 16.2. The molecular weight excluding hydrogens is 992 g/mol. The molecule has 0 saturated heterocycles. The molecule has 2 atom stereocenters. The highest BCUT2D eigenvalue weighted by Gasteiger charge is 2.36. The van der Waals surface area contributed by atoms with E-state index in [0.717, 1.165) is 74.5 Å². The number of hydrogen-bond donors (Lipinski definition) is 4. The van der Waals surface area contributed by atoms with E-state index >= 15 is 0 Å². The Hall–Kier alpha value is -6.74. The van der Waals surface area contributed by atoms with E-state index in [0.29, 0.717) is 11.1 Å². The summed E-state index contributed by atoms with van der Waals surface area (Å²) < 4.78 is 81.6. The molecule has 0 aromatic heterocycles. The SMILES string of the molecule is CC(=O)C(N=Nc1cc(Cl)cc(C(=O)Nc2c(Cl)cccc2C(F)(F)F)c1)C(=O)Nc1cc(C)c(NC(=O)C(N=Nc2cc(Cl)cc(C(=O)Nc3c(Cl)cccc3C(F)(F)F)c2)C(C)=O)c(C)c1. The van der Waals surface area contributed by atoms with Gasteiger partial charge in [-0.1, -0.05) is 58.5 Å². The number of para-hydroxylation sites is 2. The molecule has 0 radical (unpaired) electrons. The number of hydrogen-bond acceptors (Lipinski definition) is 10. The van der Waals surface area contributed by atoms with Gasteiger partial charge in [0, 0.05) is 32.5 Å². The van der Waals surface area contributed by atoms with Crippen LogP contribution in [0.15, 0.2) is 105 Å². The molecule has 5 rings (SSSR count). The van der Waals surface area contributed by atoms with Gasteiger partial charge in [0.15, 0.2) is 11.6 Å². The van der Waals surface area contributed by atoms with Crippen LogP contribution >= 0.6 is 46.4 Å². The van der Waals surface area contributed by atoms with Crippen molar-refractivity contribution in [2.75, 3.05) is 21.3 Å². The molecule has 0 saturated carbocycles. The maximum absolute atomic E-state index is 13.6. The number of ketones is 2. The van der Waals surface area contributed by atoms with Gasteiger partial charge in [-0.2, -0.15) is 46.8 Å². The molecule has 68 heavy (non-hydrogen) atoms. The van der Waals surface area contributed by atoms with Gasteiger partial charge in [-0.25, -0.2) is 0 Å². The number of benzene rings is 5. The lowest BCUT2D eigenvalue weighted by molar-refractivity contribution is -0.137. The van der Waals surface area contributed by atoms with Gasteiger partial charge in [0.2, 0.25) is 12.1 Å². The molecule has 4 amide bonds. The zero-order valence-corrected chi connectivity index (χ0v) is 38.3. The van der Waals surface area contributed by atoms with Gasteiger partial charge in [-0.05, 0) is 112 Å². The number of nitrogens with one attached hydrogen (secondary N) is 4. The summed E-state index contributed by atoms with van der Waals surface area (Å²) in [6.45, 7) is 5.21. The average Bonchev–Trinajstić information content (AvgIpc) is 3.22. The molecule has 24 heteroatoms. The predicted octanol–water partition coefficient (Wildman–Crippen LogP) is 12.8. The fourth-order valence-corrected chi connectivity index (χ4v) is 7.09. The van der Waals surface area contributed by atoms with Crippen molar-refractivity contribution in [1.29, 1.82) is 0 Å². The molecular formula is C44H32Cl4F6N8O6. The van der Waals surface area contributed by atoms with Crippen molar-refractivity contribution in [1.82, 2.24) is 0 Å². The maximum Gasteiger partial charge on any atom is 0.418 e. The Morgan fingerprint density at radius 3 is 1.26 bits per heavy atom. The van der Waals surface area contributed by atoms with E-state index < -0.39 is 82.1 Å². The van der Waals surface area contributed by atoms with Crippen molar-refractivity contribution < 1.29 is 55.1 Å². The standard InChI is InChI=1S/C44H32Cl4F6N8O6/c1-19-11-27(55-41(67)35(21(3)63)61-59-28-15-23(13-25(45)17-28)39(65)57-37-30(43(49,50)51)7-5-9-32(37)47)12-20(2)34(19)56-42(68)36(22(4)64)62-60-29-16-24(14-26(46)18-29)40(66)58-38-31(44(52,53)54)8-6-10-33(38)48/h5-18,35-36H,1-4H3,(H,55,67)(H,56,68)(H,57,65)(H,58,66). The zero-order chi connectivity index (χ0) is 50.4. The Labute approximate surface area is 401 Å². The average molecular weight is 1020 g/mol. The minimum Gasteiger partial charge on any atom is -0.324 e. The van der Waals surface area contributed by atoms with Gasteiger partial charge in [0.05, 0.1) is 43.9 Å². The van der Waals surface area contributed by atoms with Crippen LogP contribution in [0.5, 0.6) is 0 Å². The molecule has 5 aromatic rings. The van der Waals surface area contributed by atoms with Crippen molar-refractivity contribution in [3.63, 3.8) is 0 Å². The van der Waals surface area contributed by atoms with E-state index in [2.05, 4.69) is 41.7 Å². The maximum atomic E-state index is 13.6. The normalized spacial score (nSPS) is 12.7. The number of halogens is 10. The highest BCUT2D eigenvalue weighted by atomic mass is 35.5. The monoisotopic (exact) mass is 1020 g/mol. The zero-order valence-electron chi connectivity index (χ0n) is 35.3. The molecule has 0 aliphatic carbocycles. The van der Waals surface area contributed by atoms with Crippen LogP contribution in [0.25, 0.3) is 0 Å². The number of Topliss-reactive ketones (excluding diaryl/α,β-unsaturated/α-hetero) is 2. The highest BCUT2D eigenvalue weighted by molar-refractivity contribution is 6.35. The number of carbonyl (C=O) groups is 6. The van der Waals surface area contributed by atoms with E-state index in [4.69, 9.17) is 46.4 Å². The molecule has 0 aliphatic heterocycles. The van der Waals surface area contributed by atoms with Crippen LogP contribution in [0.2, 0.25) is 20.1 Å². The lowest BCUT2D eigenvalue weighted by Crippen LogP contribution is -2.33. The van der Waals surface area contributed by atoms with Crippen molar-refractivity contribution in [2.24, 2.45) is 20.5 Å². The largest absolute Gasteiger partial charge is 0.418 e. The number of anilines is 4. The highest BCUT2D eigenvalue weighted by Crippen LogP contribution is 2.40. The van der Waals surface area contributed by atoms with E-state index in [9.17, 15) is 55.1 Å². The van der Waals surface area contributed by atoms with Gasteiger partial charge in [-0.3, -0.25) is 28.8 Å². The van der Waals surface area contributed by atoms with Crippen LogP contribution < -0.4 is 21.3 Å². The van der Waals surface area contributed by atoms with Crippen LogP contribution in [-0.4, -0.2) is 47.3 Å². The number of carbonyl (C=O) groups excluding carboxylic acids is 6. The summed E-state index contributed by atoms with van der Waals surface area (Å²) >= 11 is 24.2. The van der Waals surface area contributed by atoms with Crippen LogP contribution in [0.3, 0.4) is 0 Å². The van der Waals surface area contributed by atoms with E-state index in [1.165, 1.54) is 24.3 Å². The van der Waals surface area contributed by atoms with Gasteiger partial charge in [0.25, 0.3) is 23.6 Å². The summed E-state index contributed by atoms with van der Waals surface area (Å²) in [5.74, 6) is -5.52. The molecule has 354 valence electrons. The van der Waals surface area contributed by atoms with Crippen LogP contribution in [-0.2, 0) is 31.5 Å². The van der Waals surface area contributed by atoms with E-state index in [-0.39, 0.29) is 54.0 Å². The van der Waals surface area contributed by atoms with Crippen molar-refractivity contribution in [3.05, 3.63) is 138 Å². The molecule has 0 heterocycles. The number of amides is 4. The lowest BCUT2D eigenvalue weighted by Gasteiger charge is -2.17. The second kappa shape index (κ2) is 21.5. The minimum absolute atomic E-state index is 0.0931. The number of alkyl halides is 6. The summed E-state index contributed by atoms with van der Waals surface area (Å²) in [7, 11) is 0. The predicted molar refractivity (Wildman–Crippen MR) is 243 cm³/mol. The van der Waals surface area contributed by atoms with Gasteiger partial charge < -0.3 is 21.3 Å². The first-order valence-corrected chi connectivity index (χ1v) is 20.8. The minimum atomic E-state index is -4.85. The number of aryl methyl sites for hydroxylation is 2. The third-order valence-electron chi connectivity index (χ3n) is 9.30. The molecule has 14 nitrogen and oxygen atoms in total. The molecule has 0 aliphatic rings. The Morgan fingerprint density at radius 2 is 0.897 bits per heavy atom. The Balaban J connectivity index is 1.28. The molecule has 2 unspecified atom stereocenters. The van der Waals surface area contributed by atoms with Gasteiger partial charge in [-0.15, -0.1) is 0 Å². The summed E-state index contributed by atoms with van der Waals surface area (Å²) in [5.41, 5.74) is -3.56. The number of azo groups is 2. The molecule has 0 fully saturated rings. The fourth-order valence-electron chi connectivity index (χ4n) is 6.19. The Bertz CT molecular complexity index is 2910. The van der Waals surface area contributed by atoms with Crippen molar-refractivity contribution >= 4 is 116 Å². The third kappa shape index (κ3) is 13.2. The van der Waals surface area contributed by atoms with E-state index in [1.807, 2.05) is 0 Å².